The molecule has 7 heteroatoms. The molecule has 5 nitrogen and oxygen atoms in total. The average Bonchev–Trinajstić information content (AvgIpc) is 3.29. The number of thiol groups is 1. The van der Waals surface area contributed by atoms with Gasteiger partial charge in [0, 0.05) is 21.4 Å². The number of rotatable bonds is 7. The van der Waals surface area contributed by atoms with Crippen molar-refractivity contribution in [2.24, 2.45) is 11.3 Å². The van der Waals surface area contributed by atoms with Crippen molar-refractivity contribution in [3.8, 4) is 11.4 Å². The van der Waals surface area contributed by atoms with Gasteiger partial charge in [-0.2, -0.15) is 12.6 Å². The number of aryl methyl sites for hydroxylation is 2. The van der Waals surface area contributed by atoms with E-state index in [2.05, 4.69) is 94.7 Å². The van der Waals surface area contributed by atoms with E-state index in [0.29, 0.717) is 29.1 Å². The minimum atomic E-state index is -0.173. The summed E-state index contributed by atoms with van der Waals surface area (Å²) < 4.78 is 1.70. The van der Waals surface area contributed by atoms with Gasteiger partial charge < -0.3 is 0 Å². The highest BCUT2D eigenvalue weighted by Crippen LogP contribution is 2.56. The second kappa shape index (κ2) is 12.8. The standard InChI is InChI=1S/C20H31ClS.C16H18N4O/c1-6-7-10-19(3,4)20(5,22)17-12-16(13-17)15-8-9-18(21)14(2)11-15;1-10-17-15(18-13-9-14(21)19-20(10)13)11-5-7-12(8-6-11)16(2,3)4/h8-9,11,16-17,22H,6-7,10,12-13H2,1-5H3;5-9H,1-4H3,(H,19,21). The molecule has 4 aromatic rings. The Balaban J connectivity index is 0.000000197. The molecular weight excluding hydrogens is 572 g/mol. The Morgan fingerprint density at radius 2 is 1.63 bits per heavy atom. The van der Waals surface area contributed by atoms with Crippen LogP contribution in [0.4, 0.5) is 0 Å². The number of benzene rings is 2. The Morgan fingerprint density at radius 3 is 2.21 bits per heavy atom. The number of hydrogen-bond acceptors (Lipinski definition) is 4. The zero-order chi connectivity index (χ0) is 31.7. The molecule has 1 atom stereocenters. The third kappa shape index (κ3) is 7.39. The van der Waals surface area contributed by atoms with Crippen molar-refractivity contribution in [2.45, 2.75) is 110 Å². The molecule has 1 aliphatic carbocycles. The summed E-state index contributed by atoms with van der Waals surface area (Å²) in [5.41, 5.74) is 5.68. The maximum absolute atomic E-state index is 11.4. The number of H-pyrrole nitrogens is 1. The van der Waals surface area contributed by atoms with E-state index in [-0.39, 0.29) is 21.1 Å². The maximum atomic E-state index is 11.4. The van der Waals surface area contributed by atoms with Gasteiger partial charge in [0.25, 0.3) is 5.56 Å². The van der Waals surface area contributed by atoms with Crippen molar-refractivity contribution < 1.29 is 0 Å². The third-order valence-corrected chi connectivity index (χ3v) is 11.0. The topological polar surface area (TPSA) is 63.0 Å². The second-order valence-electron chi connectivity index (χ2n) is 14.2. The third-order valence-electron chi connectivity index (χ3n) is 9.64. The molecular formula is C36H49ClN4OS. The Bertz CT molecular complexity index is 1610. The molecule has 1 saturated carbocycles. The number of halogens is 1. The minimum Gasteiger partial charge on any atom is -0.268 e. The van der Waals surface area contributed by atoms with E-state index in [9.17, 15) is 4.79 Å². The predicted octanol–water partition coefficient (Wildman–Crippen LogP) is 9.74. The molecule has 0 saturated heterocycles. The largest absolute Gasteiger partial charge is 0.268 e. The highest BCUT2D eigenvalue weighted by molar-refractivity contribution is 7.81. The van der Waals surface area contributed by atoms with Gasteiger partial charge in [-0.3, -0.25) is 9.89 Å². The van der Waals surface area contributed by atoms with Gasteiger partial charge in [-0.05, 0) is 85.5 Å². The fourth-order valence-electron chi connectivity index (χ4n) is 5.99. The van der Waals surface area contributed by atoms with Crippen molar-refractivity contribution >= 4 is 29.9 Å². The normalized spacial score (nSPS) is 18.5. The van der Waals surface area contributed by atoms with Crippen LogP contribution in [0.3, 0.4) is 0 Å². The van der Waals surface area contributed by atoms with Crippen LogP contribution < -0.4 is 5.56 Å². The maximum Gasteiger partial charge on any atom is 0.266 e. The summed E-state index contributed by atoms with van der Waals surface area (Å²) >= 11 is 11.3. The van der Waals surface area contributed by atoms with Crippen LogP contribution in [0, 0.1) is 25.2 Å². The predicted molar refractivity (Wildman–Crippen MR) is 185 cm³/mol. The van der Waals surface area contributed by atoms with Crippen LogP contribution >= 0.6 is 24.2 Å². The zero-order valence-electron chi connectivity index (χ0n) is 27.4. The minimum absolute atomic E-state index is 0.111. The zero-order valence-corrected chi connectivity index (χ0v) is 29.0. The van der Waals surface area contributed by atoms with E-state index >= 15 is 0 Å². The Labute approximate surface area is 268 Å². The van der Waals surface area contributed by atoms with Crippen molar-refractivity contribution in [1.29, 1.82) is 0 Å². The molecule has 1 unspecified atom stereocenters. The van der Waals surface area contributed by atoms with E-state index in [1.54, 1.807) is 4.52 Å². The van der Waals surface area contributed by atoms with Gasteiger partial charge in [0.15, 0.2) is 11.5 Å². The SMILES string of the molecule is CCCCC(C)(C)C(C)(S)C1CC(c2ccc(Cl)c(C)c2)C1.Cc1nc(-c2ccc(C(C)(C)C)cc2)nc2cc(=O)[nH]n12. The second-order valence-corrected chi connectivity index (χ2v) is 15.6. The van der Waals surface area contributed by atoms with Gasteiger partial charge in [0.2, 0.25) is 0 Å². The molecule has 0 spiro atoms. The lowest BCUT2D eigenvalue weighted by Gasteiger charge is -2.53. The summed E-state index contributed by atoms with van der Waals surface area (Å²) in [6.45, 7) is 19.9. The summed E-state index contributed by atoms with van der Waals surface area (Å²) in [6.07, 6.45) is 6.36. The molecule has 0 radical (unpaired) electrons. The molecule has 0 bridgehead atoms. The van der Waals surface area contributed by atoms with Crippen molar-refractivity contribution in [2.75, 3.05) is 0 Å². The average molecular weight is 621 g/mol. The first-order valence-corrected chi connectivity index (χ1v) is 16.4. The molecule has 1 aliphatic rings. The van der Waals surface area contributed by atoms with Crippen LogP contribution in [-0.2, 0) is 5.41 Å². The molecule has 1 fully saturated rings. The summed E-state index contributed by atoms with van der Waals surface area (Å²) in [4.78, 5) is 20.3. The van der Waals surface area contributed by atoms with Gasteiger partial charge in [-0.15, -0.1) is 0 Å². The van der Waals surface area contributed by atoms with Gasteiger partial charge in [-0.25, -0.2) is 14.5 Å². The van der Waals surface area contributed by atoms with E-state index < -0.39 is 0 Å². The van der Waals surface area contributed by atoms with Gasteiger partial charge in [0.1, 0.15) is 5.82 Å². The molecule has 43 heavy (non-hydrogen) atoms. The van der Waals surface area contributed by atoms with Gasteiger partial charge in [0.05, 0.1) is 0 Å². The highest BCUT2D eigenvalue weighted by atomic mass is 35.5. The molecule has 0 amide bonds. The van der Waals surface area contributed by atoms with E-state index in [1.807, 2.05) is 25.1 Å². The first-order valence-electron chi connectivity index (χ1n) is 15.6. The summed E-state index contributed by atoms with van der Waals surface area (Å²) in [5.74, 6) is 2.74. The molecule has 2 aromatic carbocycles. The summed E-state index contributed by atoms with van der Waals surface area (Å²) in [7, 11) is 0. The van der Waals surface area contributed by atoms with Crippen LogP contribution in [0.25, 0.3) is 17.0 Å². The fourth-order valence-corrected chi connectivity index (χ4v) is 6.43. The number of aromatic amines is 1. The van der Waals surface area contributed by atoms with E-state index in [4.69, 9.17) is 24.2 Å². The van der Waals surface area contributed by atoms with Crippen molar-refractivity contribution in [3.63, 3.8) is 0 Å². The molecule has 2 aromatic heterocycles. The number of nitrogens with zero attached hydrogens (tertiary/aromatic N) is 3. The Kier molecular flexibility index (Phi) is 9.93. The highest BCUT2D eigenvalue weighted by Gasteiger charge is 2.48. The van der Waals surface area contributed by atoms with Gasteiger partial charge >= 0.3 is 0 Å². The van der Waals surface area contributed by atoms with Crippen LogP contribution in [0.1, 0.15) is 109 Å². The first kappa shape index (κ1) is 33.3. The smallest absolute Gasteiger partial charge is 0.266 e. The monoisotopic (exact) mass is 620 g/mol. The lowest BCUT2D eigenvalue weighted by atomic mass is 9.58. The molecule has 232 valence electrons. The Morgan fingerprint density at radius 1 is 0.977 bits per heavy atom. The quantitative estimate of drug-likeness (QED) is 0.202. The van der Waals surface area contributed by atoms with Crippen LogP contribution in [0.15, 0.2) is 53.3 Å². The first-order chi connectivity index (χ1) is 20.0. The number of nitrogens with one attached hydrogen (secondary N) is 1. The lowest BCUT2D eigenvalue weighted by molar-refractivity contribution is 0.105. The van der Waals surface area contributed by atoms with E-state index in [0.717, 1.165) is 10.6 Å². The lowest BCUT2D eigenvalue weighted by Crippen LogP contribution is -2.48. The summed E-state index contributed by atoms with van der Waals surface area (Å²) in [6, 6.07) is 16.2. The van der Waals surface area contributed by atoms with Crippen LogP contribution in [0.2, 0.25) is 5.02 Å². The molecule has 0 aliphatic heterocycles. The van der Waals surface area contributed by atoms with Crippen LogP contribution in [0.5, 0.6) is 0 Å². The Hall–Kier alpha value is -2.57. The fraction of sp³-hybridized carbons (Fsp3) is 0.528. The van der Waals surface area contributed by atoms with Crippen molar-refractivity contribution in [1.82, 2.24) is 19.6 Å². The number of unbranched alkanes of at least 4 members (excludes halogenated alkanes) is 1. The summed E-state index contributed by atoms with van der Waals surface area (Å²) in [5, 5.41) is 3.54. The number of aromatic nitrogens is 4. The molecule has 5 rings (SSSR count). The number of hydrogen-bond donors (Lipinski definition) is 2. The molecule has 1 N–H and O–H groups in total. The van der Waals surface area contributed by atoms with E-state index in [1.165, 1.54) is 54.9 Å². The molecule has 2 heterocycles. The van der Waals surface area contributed by atoms with Crippen molar-refractivity contribution in [3.05, 3.63) is 86.4 Å². The van der Waals surface area contributed by atoms with Crippen LogP contribution in [-0.4, -0.2) is 24.3 Å². The van der Waals surface area contributed by atoms with Gasteiger partial charge in [-0.1, -0.05) is 102 Å². The number of fused-ring (bicyclic) bond motifs is 1.